The first-order chi connectivity index (χ1) is 24.1. The molecule has 0 spiro atoms. The molecule has 4 aliphatic carbocycles. The number of aliphatic hydroxyl groups excluding tert-OH is 1. The summed E-state index contributed by atoms with van der Waals surface area (Å²) in [5.41, 5.74) is -1.28. The second-order valence-corrected chi connectivity index (χ2v) is 18.6. The molecular weight excluding hydrogens is 753 g/mol. The lowest BCUT2D eigenvalue weighted by atomic mass is 9.54. The Balaban J connectivity index is 0. The lowest BCUT2D eigenvalue weighted by Crippen LogP contribution is -2.53. The number of ether oxygens (including phenoxy) is 4. The number of esters is 4. The van der Waals surface area contributed by atoms with Crippen LogP contribution in [0.5, 0.6) is 0 Å². The number of carbonyl (C=O) groups is 5. The highest BCUT2D eigenvalue weighted by Gasteiger charge is 2.72. The molecule has 11 heteroatoms. The van der Waals surface area contributed by atoms with Crippen molar-refractivity contribution in [1.29, 1.82) is 0 Å². The lowest BCUT2D eigenvalue weighted by molar-refractivity contribution is -0.168. The Kier molecular flexibility index (Phi) is 20.9. The van der Waals surface area contributed by atoms with Gasteiger partial charge in [-0.1, -0.05) is 87.1 Å². The van der Waals surface area contributed by atoms with Crippen LogP contribution in [0.3, 0.4) is 0 Å². The summed E-state index contributed by atoms with van der Waals surface area (Å²) in [6.07, 6.45) is 4.19. The van der Waals surface area contributed by atoms with Crippen LogP contribution in [0, 0.1) is 94.2 Å². The second-order valence-electron chi connectivity index (χ2n) is 18.6. The van der Waals surface area contributed by atoms with E-state index >= 15 is 0 Å². The van der Waals surface area contributed by atoms with Crippen molar-refractivity contribution in [3.8, 4) is 0 Å². The fourth-order valence-corrected chi connectivity index (χ4v) is 13.0. The standard InChI is InChI=1S/C40H58O11.8CH4/c1-8-40(9-2,15-41)16-48-36(45)31-30(34(42)43)33-25(18(4)32(31)49-33)26-21-13-22(23(14-21)35(44)51-39(5,6)7)27(26)29-28(37(46)50-38(29)47)24-17(3)19-10-11-20(24)12-19;;;;;;;;/h17-33,41H,8-16H2,1-7H3,(H,42,43);8*1H4. The van der Waals surface area contributed by atoms with Crippen molar-refractivity contribution in [2.45, 2.75) is 171 Å². The van der Waals surface area contributed by atoms with Gasteiger partial charge >= 0.3 is 29.8 Å². The van der Waals surface area contributed by atoms with E-state index in [1.165, 1.54) is 0 Å². The smallest absolute Gasteiger partial charge is 0.317 e. The average molecular weight is 843 g/mol. The van der Waals surface area contributed by atoms with E-state index in [-0.39, 0.29) is 126 Å². The number of carbonyl (C=O) groups excluding carboxylic acids is 4. The highest BCUT2D eigenvalue weighted by atomic mass is 16.6. The predicted molar refractivity (Wildman–Crippen MR) is 235 cm³/mol. The van der Waals surface area contributed by atoms with E-state index in [0.717, 1.165) is 19.3 Å². The molecule has 6 bridgehead atoms. The number of aliphatic carboxylic acids is 1. The van der Waals surface area contributed by atoms with Crippen LogP contribution in [0.1, 0.15) is 153 Å². The van der Waals surface area contributed by atoms with Crippen LogP contribution in [0.2, 0.25) is 0 Å². The summed E-state index contributed by atoms with van der Waals surface area (Å²) in [5.74, 6) is -7.05. The summed E-state index contributed by atoms with van der Waals surface area (Å²) in [6, 6.07) is 0. The molecule has 3 aliphatic heterocycles. The van der Waals surface area contributed by atoms with Gasteiger partial charge in [0.25, 0.3) is 0 Å². The van der Waals surface area contributed by atoms with Crippen molar-refractivity contribution in [3.05, 3.63) is 0 Å². The molecule has 0 aromatic heterocycles. The first-order valence-corrected chi connectivity index (χ1v) is 19.7. The van der Waals surface area contributed by atoms with Gasteiger partial charge in [-0.15, -0.1) is 0 Å². The zero-order valence-corrected chi connectivity index (χ0v) is 31.2. The number of hydrogen-bond acceptors (Lipinski definition) is 10. The van der Waals surface area contributed by atoms with Gasteiger partial charge in [-0.25, -0.2) is 0 Å². The molecule has 17 unspecified atom stereocenters. The molecule has 4 saturated carbocycles. The molecule has 0 amide bonds. The lowest BCUT2D eigenvalue weighted by Gasteiger charge is -2.47. The van der Waals surface area contributed by atoms with Crippen molar-refractivity contribution in [1.82, 2.24) is 0 Å². The van der Waals surface area contributed by atoms with Gasteiger partial charge < -0.3 is 29.2 Å². The maximum atomic E-state index is 14.0. The van der Waals surface area contributed by atoms with Crippen molar-refractivity contribution in [2.75, 3.05) is 13.2 Å². The molecule has 7 rings (SSSR count). The first-order valence-electron chi connectivity index (χ1n) is 19.7. The van der Waals surface area contributed by atoms with Crippen LogP contribution in [-0.2, 0) is 42.9 Å². The van der Waals surface area contributed by atoms with Crippen LogP contribution >= 0.6 is 0 Å². The zero-order chi connectivity index (χ0) is 36.9. The van der Waals surface area contributed by atoms with E-state index in [1.54, 1.807) is 0 Å². The summed E-state index contributed by atoms with van der Waals surface area (Å²) in [4.78, 5) is 68.3. The van der Waals surface area contributed by atoms with Crippen LogP contribution in [0.4, 0.5) is 0 Å². The normalized spacial score (nSPS) is 39.3. The van der Waals surface area contributed by atoms with Crippen molar-refractivity contribution in [3.63, 3.8) is 0 Å². The first kappa shape index (κ1) is 58.6. The van der Waals surface area contributed by atoms with Crippen LogP contribution < -0.4 is 0 Å². The van der Waals surface area contributed by atoms with E-state index in [9.17, 15) is 34.2 Å². The third-order valence-corrected chi connectivity index (χ3v) is 15.5. The van der Waals surface area contributed by atoms with Gasteiger partial charge in [0.1, 0.15) is 5.60 Å². The monoisotopic (exact) mass is 843 g/mol. The minimum absolute atomic E-state index is 0. The quantitative estimate of drug-likeness (QED) is 0.116. The molecule has 0 aromatic rings. The molecule has 3 heterocycles. The molecule has 3 saturated heterocycles. The van der Waals surface area contributed by atoms with E-state index in [4.69, 9.17) is 18.9 Å². The summed E-state index contributed by atoms with van der Waals surface area (Å²) in [7, 11) is 0. The Morgan fingerprint density at radius 3 is 1.75 bits per heavy atom. The number of aliphatic hydroxyl groups is 1. The fourth-order valence-electron chi connectivity index (χ4n) is 13.0. The van der Waals surface area contributed by atoms with Crippen LogP contribution in [0.15, 0.2) is 0 Å². The molecule has 2 N–H and O–H groups in total. The Labute approximate surface area is 360 Å². The number of fused-ring (bicyclic) bond motifs is 6. The Morgan fingerprint density at radius 1 is 0.695 bits per heavy atom. The van der Waals surface area contributed by atoms with Crippen molar-refractivity contribution >= 4 is 29.8 Å². The van der Waals surface area contributed by atoms with E-state index in [0.29, 0.717) is 37.5 Å². The maximum Gasteiger partial charge on any atom is 0.317 e. The highest BCUT2D eigenvalue weighted by Crippen LogP contribution is 2.68. The zero-order valence-electron chi connectivity index (χ0n) is 31.2. The van der Waals surface area contributed by atoms with Crippen molar-refractivity contribution < 1.29 is 53.1 Å². The summed E-state index contributed by atoms with van der Waals surface area (Å²) in [6.45, 7) is 13.4. The molecule has 0 radical (unpaired) electrons. The third-order valence-electron chi connectivity index (χ3n) is 15.5. The highest BCUT2D eigenvalue weighted by molar-refractivity contribution is 5.97. The minimum Gasteiger partial charge on any atom is -0.481 e. The van der Waals surface area contributed by atoms with Crippen LogP contribution in [-0.4, -0.2) is 71.1 Å². The van der Waals surface area contributed by atoms with Crippen molar-refractivity contribution in [2.24, 2.45) is 94.2 Å². The number of rotatable bonds is 11. The molecule has 348 valence electrons. The number of carboxylic acids is 1. The van der Waals surface area contributed by atoms with Gasteiger partial charge in [0.15, 0.2) is 0 Å². The van der Waals surface area contributed by atoms with Gasteiger partial charge in [0.05, 0.1) is 55.0 Å². The number of cyclic esters (lactones) is 2. The molecule has 7 fully saturated rings. The van der Waals surface area contributed by atoms with Crippen LogP contribution in [0.25, 0.3) is 0 Å². The van der Waals surface area contributed by atoms with Gasteiger partial charge in [-0.05, 0) is 125 Å². The Morgan fingerprint density at radius 2 is 1.25 bits per heavy atom. The molecule has 0 aromatic carbocycles. The second kappa shape index (κ2) is 21.0. The number of carboxylic acid groups (broad SMARTS) is 1. The summed E-state index contributed by atoms with van der Waals surface area (Å²) < 4.78 is 23.7. The fraction of sp³-hybridized carbons (Fsp3) is 0.896. The van der Waals surface area contributed by atoms with Gasteiger partial charge in [0, 0.05) is 5.41 Å². The Bertz CT molecular complexity index is 1420. The third kappa shape index (κ3) is 9.32. The molecule has 17 atom stereocenters. The molecular formula is C48H90O11. The molecule has 11 nitrogen and oxygen atoms in total. The molecule has 7 aliphatic rings. The Hall–Kier alpha value is -2.53. The van der Waals surface area contributed by atoms with E-state index in [1.807, 2.05) is 41.5 Å². The minimum atomic E-state index is -1.14. The van der Waals surface area contributed by atoms with Gasteiger partial charge in [-0.3, -0.25) is 24.0 Å². The van der Waals surface area contributed by atoms with Gasteiger partial charge in [-0.2, -0.15) is 0 Å². The number of hydrogen-bond donors (Lipinski definition) is 2. The van der Waals surface area contributed by atoms with E-state index in [2.05, 4.69) is 6.92 Å². The SMILES string of the molecule is C.C.C.C.C.C.C.C.CCC(CC)(CO)COC(=O)C1C2OC(C1C(=O)O)C(C1C3CC(C(=O)OC(C)(C)C)C(C3)C1C1C(=O)OC(=O)C1C1C3CCC(C3)C1C)C2C. The average Bonchev–Trinajstić information content (AvgIpc) is 3.93. The molecule has 59 heavy (non-hydrogen) atoms. The summed E-state index contributed by atoms with van der Waals surface area (Å²) >= 11 is 0. The largest absolute Gasteiger partial charge is 0.481 e. The predicted octanol–water partition coefficient (Wildman–Crippen LogP) is 10.00. The summed E-state index contributed by atoms with van der Waals surface area (Å²) in [5, 5.41) is 20.7. The maximum absolute atomic E-state index is 14.0. The van der Waals surface area contributed by atoms with Gasteiger partial charge in [0.2, 0.25) is 0 Å². The van der Waals surface area contributed by atoms with E-state index < -0.39 is 76.7 Å². The topological polar surface area (TPSA) is 163 Å².